The van der Waals surface area contributed by atoms with Crippen LogP contribution in [0.3, 0.4) is 0 Å². The lowest BCUT2D eigenvalue weighted by atomic mass is 10.1. The molecule has 0 fully saturated rings. The fraction of sp³-hybridized carbons (Fsp3) is 0.850. The zero-order valence-electron chi connectivity index (χ0n) is 16.1. The quantitative estimate of drug-likeness (QED) is 0.180. The molecule has 25 heavy (non-hydrogen) atoms. The minimum Gasteiger partial charge on any atom is -0.499 e. The minimum absolute atomic E-state index is 0.121. The predicted octanol–water partition coefficient (Wildman–Crippen LogP) is 4.64. The highest BCUT2D eigenvalue weighted by molar-refractivity contribution is 5.69. The maximum absolute atomic E-state index is 11.6. The highest BCUT2D eigenvalue weighted by Crippen LogP contribution is 2.10. The van der Waals surface area contributed by atoms with Gasteiger partial charge in [-0.05, 0) is 6.42 Å². The van der Waals surface area contributed by atoms with Gasteiger partial charge in [0.25, 0.3) is 0 Å². The molecule has 0 aromatic carbocycles. The van der Waals surface area contributed by atoms with E-state index in [4.69, 9.17) is 18.9 Å². The van der Waals surface area contributed by atoms with E-state index < -0.39 is 0 Å². The molecular formula is C20H38O5. The van der Waals surface area contributed by atoms with Gasteiger partial charge in [0.2, 0.25) is 0 Å². The average molecular weight is 359 g/mol. The van der Waals surface area contributed by atoms with E-state index in [1.165, 1.54) is 51.2 Å². The first-order valence-corrected chi connectivity index (χ1v) is 9.84. The molecule has 0 bridgehead atoms. The van der Waals surface area contributed by atoms with E-state index in [9.17, 15) is 4.79 Å². The SMILES string of the molecule is C=COCCOCCOCCOC(=O)CCCCCCCCCCC. The van der Waals surface area contributed by atoms with Crippen molar-refractivity contribution < 1.29 is 23.7 Å². The van der Waals surface area contributed by atoms with Gasteiger partial charge in [0.05, 0.1) is 32.7 Å². The Hall–Kier alpha value is -1.07. The second-order valence-corrected chi connectivity index (χ2v) is 6.06. The van der Waals surface area contributed by atoms with E-state index in [1.54, 1.807) is 0 Å². The van der Waals surface area contributed by atoms with E-state index in [1.807, 2.05) is 0 Å². The fourth-order valence-corrected chi connectivity index (χ4v) is 2.38. The first-order chi connectivity index (χ1) is 12.3. The summed E-state index contributed by atoms with van der Waals surface area (Å²) in [5, 5.41) is 0. The lowest BCUT2D eigenvalue weighted by Crippen LogP contribution is -2.13. The molecule has 0 unspecified atom stereocenters. The molecule has 0 spiro atoms. The molecule has 0 aromatic rings. The van der Waals surface area contributed by atoms with Crippen molar-refractivity contribution in [1.29, 1.82) is 0 Å². The summed E-state index contributed by atoms with van der Waals surface area (Å²) in [6.07, 6.45) is 13.2. The molecule has 0 atom stereocenters. The third-order valence-electron chi connectivity index (χ3n) is 3.81. The van der Waals surface area contributed by atoms with Gasteiger partial charge < -0.3 is 18.9 Å². The van der Waals surface area contributed by atoms with Gasteiger partial charge >= 0.3 is 5.97 Å². The van der Waals surface area contributed by atoms with Crippen LogP contribution in [0.2, 0.25) is 0 Å². The molecular weight excluding hydrogens is 320 g/mol. The van der Waals surface area contributed by atoms with Crippen molar-refractivity contribution in [1.82, 2.24) is 0 Å². The summed E-state index contributed by atoms with van der Waals surface area (Å²) >= 11 is 0. The molecule has 0 aliphatic heterocycles. The van der Waals surface area contributed by atoms with Crippen molar-refractivity contribution in [3.05, 3.63) is 12.8 Å². The number of carbonyl (C=O) groups excluding carboxylic acids is 1. The van der Waals surface area contributed by atoms with Gasteiger partial charge in [-0.25, -0.2) is 0 Å². The standard InChI is InChI=1S/C20H38O5/c1-3-5-6-7-8-9-10-11-12-13-20(21)25-19-18-24-17-16-23-15-14-22-4-2/h4H,2-3,5-19H2,1H3. The smallest absolute Gasteiger partial charge is 0.305 e. The number of ether oxygens (including phenoxy) is 4. The van der Waals surface area contributed by atoms with Crippen molar-refractivity contribution in [3.8, 4) is 0 Å². The van der Waals surface area contributed by atoms with Crippen LogP contribution in [0, 0.1) is 0 Å². The average Bonchev–Trinajstić information content (AvgIpc) is 2.62. The molecule has 0 aromatic heterocycles. The van der Waals surface area contributed by atoms with Gasteiger partial charge in [-0.3, -0.25) is 4.79 Å². The van der Waals surface area contributed by atoms with Crippen LogP contribution in [-0.2, 0) is 23.7 Å². The van der Waals surface area contributed by atoms with E-state index in [0.29, 0.717) is 46.1 Å². The monoisotopic (exact) mass is 358 g/mol. The van der Waals surface area contributed by atoms with Gasteiger partial charge in [-0.1, -0.05) is 64.9 Å². The summed E-state index contributed by atoms with van der Waals surface area (Å²) in [6.45, 7) is 8.42. The number of hydrogen-bond acceptors (Lipinski definition) is 5. The van der Waals surface area contributed by atoms with Gasteiger partial charge in [0.15, 0.2) is 0 Å². The summed E-state index contributed by atoms with van der Waals surface area (Å²) in [7, 11) is 0. The molecule has 0 rings (SSSR count). The maximum Gasteiger partial charge on any atom is 0.305 e. The molecule has 5 heteroatoms. The normalized spacial score (nSPS) is 10.6. The molecule has 5 nitrogen and oxygen atoms in total. The second kappa shape index (κ2) is 21.0. The molecule has 0 heterocycles. The van der Waals surface area contributed by atoms with Gasteiger partial charge in [0.1, 0.15) is 13.2 Å². The van der Waals surface area contributed by atoms with E-state index >= 15 is 0 Å². The topological polar surface area (TPSA) is 54.0 Å². The van der Waals surface area contributed by atoms with Gasteiger partial charge in [-0.2, -0.15) is 0 Å². The molecule has 0 saturated heterocycles. The zero-order valence-corrected chi connectivity index (χ0v) is 16.1. The number of esters is 1. The van der Waals surface area contributed by atoms with Crippen molar-refractivity contribution in [2.24, 2.45) is 0 Å². The molecule has 0 saturated carbocycles. The van der Waals surface area contributed by atoms with Crippen molar-refractivity contribution >= 4 is 5.97 Å². The van der Waals surface area contributed by atoms with Crippen LogP contribution in [0.5, 0.6) is 0 Å². The molecule has 0 amide bonds. The van der Waals surface area contributed by atoms with Crippen molar-refractivity contribution in [2.45, 2.75) is 71.1 Å². The van der Waals surface area contributed by atoms with Gasteiger partial charge in [0, 0.05) is 6.42 Å². The number of rotatable bonds is 20. The van der Waals surface area contributed by atoms with E-state index in [2.05, 4.69) is 13.5 Å². The Kier molecular flexibility index (Phi) is 20.1. The third kappa shape index (κ3) is 20.9. The third-order valence-corrected chi connectivity index (χ3v) is 3.81. The number of carbonyl (C=O) groups is 1. The Morgan fingerprint density at radius 2 is 1.28 bits per heavy atom. The summed E-state index contributed by atoms with van der Waals surface area (Å²) < 4.78 is 20.7. The summed E-state index contributed by atoms with van der Waals surface area (Å²) in [5.74, 6) is -0.121. The van der Waals surface area contributed by atoms with Crippen molar-refractivity contribution in [3.63, 3.8) is 0 Å². The first kappa shape index (κ1) is 23.9. The summed E-state index contributed by atoms with van der Waals surface area (Å²) in [5.41, 5.74) is 0. The Morgan fingerprint density at radius 3 is 1.88 bits per heavy atom. The lowest BCUT2D eigenvalue weighted by Gasteiger charge is -2.07. The highest BCUT2D eigenvalue weighted by Gasteiger charge is 2.02. The first-order valence-electron chi connectivity index (χ1n) is 9.84. The number of hydrogen-bond donors (Lipinski definition) is 0. The Bertz CT molecular complexity index is 294. The molecule has 0 radical (unpaired) electrons. The number of unbranched alkanes of at least 4 members (excludes halogenated alkanes) is 8. The van der Waals surface area contributed by atoms with Crippen LogP contribution in [0.1, 0.15) is 71.1 Å². The van der Waals surface area contributed by atoms with E-state index in [0.717, 1.165) is 12.8 Å². The van der Waals surface area contributed by atoms with Crippen LogP contribution in [-0.4, -0.2) is 45.6 Å². The Balaban J connectivity index is 3.14. The lowest BCUT2D eigenvalue weighted by molar-refractivity contribution is -0.145. The summed E-state index contributed by atoms with van der Waals surface area (Å²) in [4.78, 5) is 11.6. The Morgan fingerprint density at radius 1 is 0.760 bits per heavy atom. The van der Waals surface area contributed by atoms with Gasteiger partial charge in [-0.15, -0.1) is 0 Å². The minimum atomic E-state index is -0.121. The van der Waals surface area contributed by atoms with E-state index in [-0.39, 0.29) is 5.97 Å². The van der Waals surface area contributed by atoms with Crippen LogP contribution in [0.4, 0.5) is 0 Å². The van der Waals surface area contributed by atoms with Crippen LogP contribution in [0.15, 0.2) is 12.8 Å². The van der Waals surface area contributed by atoms with Crippen molar-refractivity contribution in [2.75, 3.05) is 39.6 Å². The van der Waals surface area contributed by atoms with Crippen LogP contribution >= 0.6 is 0 Å². The highest BCUT2D eigenvalue weighted by atomic mass is 16.6. The largest absolute Gasteiger partial charge is 0.499 e. The molecule has 0 aliphatic rings. The maximum atomic E-state index is 11.6. The molecule has 0 aliphatic carbocycles. The summed E-state index contributed by atoms with van der Waals surface area (Å²) in [6, 6.07) is 0. The van der Waals surface area contributed by atoms with Crippen LogP contribution < -0.4 is 0 Å². The fourth-order valence-electron chi connectivity index (χ4n) is 2.38. The predicted molar refractivity (Wildman–Crippen MR) is 101 cm³/mol. The second-order valence-electron chi connectivity index (χ2n) is 6.06. The van der Waals surface area contributed by atoms with Crippen LogP contribution in [0.25, 0.3) is 0 Å². The zero-order chi connectivity index (χ0) is 18.4. The molecule has 0 N–H and O–H groups in total. The molecule has 148 valence electrons. The Labute approximate surface area is 154 Å².